The third kappa shape index (κ3) is 3.13. The molecule has 8 heteroatoms. The molecule has 1 aliphatic carbocycles. The van der Waals surface area contributed by atoms with E-state index < -0.39 is 31.3 Å². The van der Waals surface area contributed by atoms with Crippen molar-refractivity contribution in [3.63, 3.8) is 0 Å². The van der Waals surface area contributed by atoms with Crippen LogP contribution in [0.1, 0.15) is 25.7 Å². The molecule has 0 spiro atoms. The van der Waals surface area contributed by atoms with Crippen LogP contribution in [0.3, 0.4) is 0 Å². The van der Waals surface area contributed by atoms with E-state index in [1.165, 1.54) is 0 Å². The van der Waals surface area contributed by atoms with E-state index in [0.717, 1.165) is 43.9 Å². The van der Waals surface area contributed by atoms with Crippen molar-refractivity contribution in [2.24, 2.45) is 5.92 Å². The molecule has 1 fully saturated rings. The van der Waals surface area contributed by atoms with E-state index in [4.69, 9.17) is 0 Å². The van der Waals surface area contributed by atoms with Crippen LogP contribution in [0.15, 0.2) is 23.1 Å². The van der Waals surface area contributed by atoms with Gasteiger partial charge in [-0.1, -0.05) is 18.9 Å². The third-order valence-corrected chi connectivity index (χ3v) is 4.91. The summed E-state index contributed by atoms with van der Waals surface area (Å²) in [6, 6.07) is 3.05. The van der Waals surface area contributed by atoms with Gasteiger partial charge in [-0.15, -0.1) is 0 Å². The van der Waals surface area contributed by atoms with Crippen molar-refractivity contribution < 1.29 is 17.7 Å². The monoisotopic (exact) mass is 302 g/mol. The quantitative estimate of drug-likeness (QED) is 0.667. The van der Waals surface area contributed by atoms with E-state index in [9.17, 15) is 22.9 Å². The zero-order valence-corrected chi connectivity index (χ0v) is 11.5. The lowest BCUT2D eigenvalue weighted by Crippen LogP contribution is -2.29. The lowest BCUT2D eigenvalue weighted by molar-refractivity contribution is -0.390. The highest BCUT2D eigenvalue weighted by Crippen LogP contribution is 2.28. The summed E-state index contributed by atoms with van der Waals surface area (Å²) >= 11 is 0. The van der Waals surface area contributed by atoms with E-state index in [1.54, 1.807) is 0 Å². The molecule has 0 bridgehead atoms. The summed E-state index contributed by atoms with van der Waals surface area (Å²) in [7, 11) is -4.08. The van der Waals surface area contributed by atoms with Gasteiger partial charge < -0.3 is 0 Å². The van der Waals surface area contributed by atoms with E-state index in [2.05, 4.69) is 4.72 Å². The third-order valence-electron chi connectivity index (χ3n) is 3.46. The molecule has 1 aliphatic rings. The predicted molar refractivity (Wildman–Crippen MR) is 70.2 cm³/mol. The summed E-state index contributed by atoms with van der Waals surface area (Å²) in [6.45, 7) is 0.232. The molecule has 0 aromatic heterocycles. The molecule has 0 heterocycles. The number of hydrogen-bond acceptors (Lipinski definition) is 4. The maximum atomic E-state index is 13.4. The van der Waals surface area contributed by atoms with Crippen molar-refractivity contribution >= 4 is 15.7 Å². The minimum Gasteiger partial charge on any atom is -0.258 e. The molecular formula is C12H15FN2O4S. The Kier molecular flexibility index (Phi) is 4.34. The molecular weight excluding hydrogens is 287 g/mol. The first kappa shape index (κ1) is 14.9. The number of nitro groups is 1. The largest absolute Gasteiger partial charge is 0.324 e. The lowest BCUT2D eigenvalue weighted by atomic mass is 10.1. The second-order valence-corrected chi connectivity index (χ2v) is 6.58. The molecule has 1 aromatic carbocycles. The van der Waals surface area contributed by atoms with Crippen LogP contribution in [0.25, 0.3) is 0 Å². The van der Waals surface area contributed by atoms with E-state index in [1.807, 2.05) is 0 Å². The van der Waals surface area contributed by atoms with Gasteiger partial charge in [0.2, 0.25) is 15.8 Å². The van der Waals surface area contributed by atoms with E-state index in [0.29, 0.717) is 0 Å². The average Bonchev–Trinajstić information content (AvgIpc) is 2.89. The Morgan fingerprint density at radius 3 is 2.60 bits per heavy atom. The second-order valence-electron chi connectivity index (χ2n) is 4.85. The first-order valence-electron chi connectivity index (χ1n) is 6.34. The summed E-state index contributed by atoms with van der Waals surface area (Å²) < 4.78 is 39.9. The number of hydrogen-bond donors (Lipinski definition) is 1. The molecule has 0 aliphatic heterocycles. The average molecular weight is 302 g/mol. The van der Waals surface area contributed by atoms with Crippen molar-refractivity contribution in [1.29, 1.82) is 0 Å². The highest BCUT2D eigenvalue weighted by molar-refractivity contribution is 7.89. The number of para-hydroxylation sites is 1. The van der Waals surface area contributed by atoms with Crippen LogP contribution in [0.4, 0.5) is 10.1 Å². The molecule has 6 nitrogen and oxygen atoms in total. The van der Waals surface area contributed by atoms with Crippen LogP contribution in [0.5, 0.6) is 0 Å². The Labute approximate surface area is 116 Å². The fourth-order valence-electron chi connectivity index (χ4n) is 2.41. The van der Waals surface area contributed by atoms with Crippen LogP contribution in [0, 0.1) is 21.8 Å². The topological polar surface area (TPSA) is 89.3 Å². The van der Waals surface area contributed by atoms with Gasteiger partial charge in [0.25, 0.3) is 0 Å². The van der Waals surface area contributed by atoms with Crippen molar-refractivity contribution in [2.45, 2.75) is 30.6 Å². The van der Waals surface area contributed by atoms with Crippen molar-refractivity contribution in [2.75, 3.05) is 6.54 Å². The Morgan fingerprint density at radius 2 is 2.00 bits per heavy atom. The summed E-state index contributed by atoms with van der Waals surface area (Å²) in [5, 5.41) is 10.8. The van der Waals surface area contributed by atoms with Gasteiger partial charge in [0, 0.05) is 6.54 Å². The zero-order valence-electron chi connectivity index (χ0n) is 10.7. The first-order valence-corrected chi connectivity index (χ1v) is 7.82. The highest BCUT2D eigenvalue weighted by atomic mass is 32.2. The normalized spacial score (nSPS) is 16.4. The molecule has 110 valence electrons. The zero-order chi connectivity index (χ0) is 14.8. The van der Waals surface area contributed by atoms with Gasteiger partial charge in [0.1, 0.15) is 0 Å². The number of benzene rings is 1. The number of nitrogens with one attached hydrogen (secondary N) is 1. The summed E-state index contributed by atoms with van der Waals surface area (Å²) in [5.74, 6) is -0.906. The maximum Gasteiger partial charge on any atom is 0.324 e. The number of halogens is 1. The van der Waals surface area contributed by atoms with Gasteiger partial charge in [-0.2, -0.15) is 4.39 Å². The predicted octanol–water partition coefficient (Wildman–Crippen LogP) is 2.20. The standard InChI is InChI=1S/C12H15FN2O4S/c13-10-6-3-7-11(12(10)15(16)17)20(18,19)14-8-9-4-1-2-5-9/h3,6-7,9,14H,1-2,4-5,8H2. The van der Waals surface area contributed by atoms with E-state index >= 15 is 0 Å². The highest BCUT2D eigenvalue weighted by Gasteiger charge is 2.30. The molecule has 1 saturated carbocycles. The summed E-state index contributed by atoms with van der Waals surface area (Å²) in [5.41, 5.74) is -1.01. The van der Waals surface area contributed by atoms with Crippen molar-refractivity contribution in [3.8, 4) is 0 Å². The summed E-state index contributed by atoms with van der Waals surface area (Å²) in [6.07, 6.45) is 4.00. The smallest absolute Gasteiger partial charge is 0.258 e. The fourth-order valence-corrected chi connectivity index (χ4v) is 3.70. The molecule has 2 rings (SSSR count). The minimum atomic E-state index is -4.08. The van der Waals surface area contributed by atoms with Crippen LogP contribution in [-0.2, 0) is 10.0 Å². The fraction of sp³-hybridized carbons (Fsp3) is 0.500. The van der Waals surface area contributed by atoms with Gasteiger partial charge in [-0.05, 0) is 30.9 Å². The van der Waals surface area contributed by atoms with Crippen molar-refractivity contribution in [1.82, 2.24) is 4.72 Å². The molecule has 0 unspecified atom stereocenters. The minimum absolute atomic E-state index is 0.232. The van der Waals surface area contributed by atoms with Crippen molar-refractivity contribution in [3.05, 3.63) is 34.1 Å². The van der Waals surface area contributed by atoms with Crippen LogP contribution in [0.2, 0.25) is 0 Å². The number of rotatable bonds is 5. The Balaban J connectivity index is 2.24. The van der Waals surface area contributed by atoms with Gasteiger partial charge in [-0.25, -0.2) is 13.1 Å². The Hall–Kier alpha value is -1.54. The van der Waals surface area contributed by atoms with Gasteiger partial charge in [-0.3, -0.25) is 10.1 Å². The molecule has 0 amide bonds. The maximum absolute atomic E-state index is 13.4. The molecule has 0 atom stereocenters. The van der Waals surface area contributed by atoms with Crippen LogP contribution < -0.4 is 4.72 Å². The van der Waals surface area contributed by atoms with Crippen LogP contribution in [-0.4, -0.2) is 19.9 Å². The number of nitrogens with zero attached hydrogens (tertiary/aromatic N) is 1. The lowest BCUT2D eigenvalue weighted by Gasteiger charge is -2.11. The second kappa shape index (κ2) is 5.84. The molecule has 20 heavy (non-hydrogen) atoms. The van der Waals surface area contributed by atoms with Crippen LogP contribution >= 0.6 is 0 Å². The first-order chi connectivity index (χ1) is 9.42. The van der Waals surface area contributed by atoms with Gasteiger partial charge in [0.05, 0.1) is 4.92 Å². The number of nitro benzene ring substituents is 1. The Bertz CT molecular complexity index is 612. The molecule has 0 radical (unpaired) electrons. The Morgan fingerprint density at radius 1 is 1.35 bits per heavy atom. The van der Waals surface area contributed by atoms with Gasteiger partial charge >= 0.3 is 5.69 Å². The molecule has 1 aromatic rings. The number of sulfonamides is 1. The SMILES string of the molecule is O=[N+]([O-])c1c(F)cccc1S(=O)(=O)NCC1CCCC1. The molecule has 1 N–H and O–H groups in total. The summed E-state index contributed by atoms with van der Waals surface area (Å²) in [4.78, 5) is 9.18. The van der Waals surface area contributed by atoms with Gasteiger partial charge in [0.15, 0.2) is 4.90 Å². The van der Waals surface area contributed by atoms with E-state index in [-0.39, 0.29) is 12.5 Å². The molecule has 0 saturated heterocycles.